The van der Waals surface area contributed by atoms with Gasteiger partial charge in [0.2, 0.25) is 0 Å². The molecule has 2 aromatic rings. The highest BCUT2D eigenvalue weighted by Crippen LogP contribution is 2.27. The zero-order chi connectivity index (χ0) is 13.1. The second kappa shape index (κ2) is 5.31. The maximum Gasteiger partial charge on any atom is 0.256 e. The Kier molecular flexibility index (Phi) is 3.77. The van der Waals surface area contributed by atoms with Crippen molar-refractivity contribution < 1.29 is 13.5 Å². The van der Waals surface area contributed by atoms with E-state index in [0.29, 0.717) is 16.9 Å². The lowest BCUT2D eigenvalue weighted by atomic mass is 10.2. The molecule has 0 aliphatic carbocycles. The Labute approximate surface area is 108 Å². The molecule has 0 bridgehead atoms. The molecule has 1 aromatic carbocycles. The Morgan fingerprint density at radius 3 is 2.72 bits per heavy atom. The first-order chi connectivity index (χ1) is 8.61. The Morgan fingerprint density at radius 1 is 1.28 bits per heavy atom. The van der Waals surface area contributed by atoms with Crippen LogP contribution in [0.2, 0.25) is 0 Å². The van der Waals surface area contributed by atoms with Crippen LogP contribution in [0.3, 0.4) is 0 Å². The number of hydrogen-bond acceptors (Lipinski definition) is 2. The molecule has 0 unspecified atom stereocenters. The van der Waals surface area contributed by atoms with Crippen LogP contribution in [-0.4, -0.2) is 4.98 Å². The summed E-state index contributed by atoms with van der Waals surface area (Å²) >= 11 is 5.59. The molecule has 0 fully saturated rings. The lowest BCUT2D eigenvalue weighted by molar-refractivity contribution is 0.416. The van der Waals surface area contributed by atoms with E-state index in [1.54, 1.807) is 6.92 Å². The standard InChI is InChI=1S/C13H10ClF2NO/c1-8-6-10(15)2-3-11(8)18-13-12(16)9(7-14)4-5-17-13/h2-6H,7H2,1H3. The van der Waals surface area contributed by atoms with Crippen LogP contribution in [0.15, 0.2) is 30.5 Å². The lowest BCUT2D eigenvalue weighted by Gasteiger charge is -2.09. The zero-order valence-corrected chi connectivity index (χ0v) is 10.3. The van der Waals surface area contributed by atoms with Crippen molar-refractivity contribution in [2.24, 2.45) is 0 Å². The minimum Gasteiger partial charge on any atom is -0.436 e. The molecular formula is C13H10ClF2NO. The minimum atomic E-state index is -0.601. The summed E-state index contributed by atoms with van der Waals surface area (Å²) < 4.78 is 32.1. The molecule has 0 N–H and O–H groups in total. The first kappa shape index (κ1) is 12.8. The van der Waals surface area contributed by atoms with Crippen LogP contribution < -0.4 is 4.74 Å². The van der Waals surface area contributed by atoms with Gasteiger partial charge in [-0.15, -0.1) is 11.6 Å². The smallest absolute Gasteiger partial charge is 0.256 e. The van der Waals surface area contributed by atoms with Gasteiger partial charge < -0.3 is 4.74 Å². The molecule has 0 radical (unpaired) electrons. The summed E-state index contributed by atoms with van der Waals surface area (Å²) in [4.78, 5) is 3.80. The molecule has 0 spiro atoms. The van der Waals surface area contributed by atoms with Crippen molar-refractivity contribution >= 4 is 11.6 Å². The van der Waals surface area contributed by atoms with E-state index in [1.807, 2.05) is 0 Å². The van der Waals surface area contributed by atoms with E-state index >= 15 is 0 Å². The monoisotopic (exact) mass is 269 g/mol. The number of rotatable bonds is 3. The molecule has 1 heterocycles. The van der Waals surface area contributed by atoms with Gasteiger partial charge >= 0.3 is 0 Å². The van der Waals surface area contributed by atoms with Crippen LogP contribution in [0.4, 0.5) is 8.78 Å². The number of aromatic nitrogens is 1. The second-order valence-corrected chi connectivity index (χ2v) is 4.00. The van der Waals surface area contributed by atoms with Gasteiger partial charge in [0.1, 0.15) is 11.6 Å². The average molecular weight is 270 g/mol. The largest absolute Gasteiger partial charge is 0.436 e. The van der Waals surface area contributed by atoms with Crippen LogP contribution in [-0.2, 0) is 5.88 Å². The molecular weight excluding hydrogens is 260 g/mol. The van der Waals surface area contributed by atoms with Crippen LogP contribution in [0.5, 0.6) is 11.6 Å². The average Bonchev–Trinajstić information content (AvgIpc) is 2.35. The second-order valence-electron chi connectivity index (χ2n) is 3.73. The Balaban J connectivity index is 2.34. The van der Waals surface area contributed by atoms with E-state index < -0.39 is 5.82 Å². The number of nitrogens with zero attached hydrogens (tertiary/aromatic N) is 1. The van der Waals surface area contributed by atoms with Crippen molar-refractivity contribution in [2.45, 2.75) is 12.8 Å². The van der Waals surface area contributed by atoms with Crippen molar-refractivity contribution in [3.63, 3.8) is 0 Å². The van der Waals surface area contributed by atoms with Crippen LogP contribution in [0.1, 0.15) is 11.1 Å². The van der Waals surface area contributed by atoms with Gasteiger partial charge in [0.05, 0.1) is 5.88 Å². The van der Waals surface area contributed by atoms with Crippen molar-refractivity contribution in [3.8, 4) is 11.6 Å². The van der Waals surface area contributed by atoms with Crippen LogP contribution in [0, 0.1) is 18.6 Å². The molecule has 0 amide bonds. The molecule has 94 valence electrons. The highest BCUT2D eigenvalue weighted by Gasteiger charge is 2.12. The number of benzene rings is 1. The van der Waals surface area contributed by atoms with Crippen molar-refractivity contribution in [1.82, 2.24) is 4.98 Å². The number of ether oxygens (including phenoxy) is 1. The maximum atomic E-state index is 13.8. The minimum absolute atomic E-state index is 0.0348. The van der Waals surface area contributed by atoms with Gasteiger partial charge in [0, 0.05) is 11.8 Å². The van der Waals surface area contributed by atoms with Crippen molar-refractivity contribution in [1.29, 1.82) is 0 Å². The Morgan fingerprint density at radius 2 is 2.06 bits per heavy atom. The van der Waals surface area contributed by atoms with E-state index in [9.17, 15) is 8.78 Å². The molecule has 0 aliphatic rings. The first-order valence-corrected chi connectivity index (χ1v) is 5.78. The van der Waals surface area contributed by atoms with Gasteiger partial charge in [-0.25, -0.2) is 13.8 Å². The summed E-state index contributed by atoms with van der Waals surface area (Å²) in [6.07, 6.45) is 1.41. The molecule has 0 atom stereocenters. The lowest BCUT2D eigenvalue weighted by Crippen LogP contribution is -1.97. The van der Waals surface area contributed by atoms with Gasteiger partial charge in [-0.3, -0.25) is 0 Å². The fraction of sp³-hybridized carbons (Fsp3) is 0.154. The Hall–Kier alpha value is -1.68. The van der Waals surface area contributed by atoms with E-state index in [0.717, 1.165) is 0 Å². The number of aryl methyl sites for hydroxylation is 1. The van der Waals surface area contributed by atoms with Crippen LogP contribution in [0.25, 0.3) is 0 Å². The fourth-order valence-electron chi connectivity index (χ4n) is 1.47. The third kappa shape index (κ3) is 2.59. The zero-order valence-electron chi connectivity index (χ0n) is 9.58. The van der Waals surface area contributed by atoms with Gasteiger partial charge in [-0.05, 0) is 36.8 Å². The number of hydrogen-bond donors (Lipinski definition) is 0. The predicted molar refractivity (Wildman–Crippen MR) is 65.0 cm³/mol. The van der Waals surface area contributed by atoms with E-state index in [4.69, 9.17) is 16.3 Å². The number of halogens is 3. The summed E-state index contributed by atoms with van der Waals surface area (Å²) in [5.74, 6) is -0.746. The van der Waals surface area contributed by atoms with Gasteiger partial charge in [0.15, 0.2) is 5.82 Å². The van der Waals surface area contributed by atoms with E-state index in [2.05, 4.69) is 4.98 Å². The molecule has 0 saturated carbocycles. The normalized spacial score (nSPS) is 10.4. The van der Waals surface area contributed by atoms with Gasteiger partial charge in [-0.1, -0.05) is 0 Å². The summed E-state index contributed by atoms with van der Waals surface area (Å²) in [7, 11) is 0. The molecule has 2 nitrogen and oxygen atoms in total. The predicted octanol–water partition coefficient (Wildman–Crippen LogP) is 4.20. The highest BCUT2D eigenvalue weighted by molar-refractivity contribution is 6.17. The fourth-order valence-corrected chi connectivity index (χ4v) is 1.67. The highest BCUT2D eigenvalue weighted by atomic mass is 35.5. The molecule has 0 saturated heterocycles. The number of pyridine rings is 1. The first-order valence-electron chi connectivity index (χ1n) is 5.25. The summed E-state index contributed by atoms with van der Waals surface area (Å²) in [6, 6.07) is 5.45. The summed E-state index contributed by atoms with van der Waals surface area (Å²) in [5.41, 5.74) is 0.869. The van der Waals surface area contributed by atoms with Gasteiger partial charge in [-0.2, -0.15) is 0 Å². The third-order valence-corrected chi connectivity index (χ3v) is 2.71. The number of alkyl halides is 1. The molecule has 1 aromatic heterocycles. The van der Waals surface area contributed by atoms with Crippen molar-refractivity contribution in [2.75, 3.05) is 0 Å². The van der Waals surface area contributed by atoms with E-state index in [1.165, 1.54) is 30.5 Å². The van der Waals surface area contributed by atoms with Crippen LogP contribution >= 0.6 is 11.6 Å². The molecule has 2 rings (SSSR count). The molecule has 0 aliphatic heterocycles. The van der Waals surface area contributed by atoms with E-state index in [-0.39, 0.29) is 17.6 Å². The summed E-state index contributed by atoms with van der Waals surface area (Å²) in [6.45, 7) is 1.67. The maximum absolute atomic E-state index is 13.8. The van der Waals surface area contributed by atoms with Gasteiger partial charge in [0.25, 0.3) is 5.88 Å². The quantitative estimate of drug-likeness (QED) is 0.779. The van der Waals surface area contributed by atoms with Crippen molar-refractivity contribution in [3.05, 3.63) is 53.2 Å². The Bertz CT molecular complexity index is 575. The summed E-state index contributed by atoms with van der Waals surface area (Å²) in [5, 5.41) is 0. The third-order valence-electron chi connectivity index (χ3n) is 2.42. The molecule has 18 heavy (non-hydrogen) atoms. The topological polar surface area (TPSA) is 22.1 Å². The molecule has 5 heteroatoms. The SMILES string of the molecule is Cc1cc(F)ccc1Oc1nccc(CCl)c1F.